The summed E-state index contributed by atoms with van der Waals surface area (Å²) in [6.07, 6.45) is 4.70. The topological polar surface area (TPSA) is 94.8 Å². The molecule has 0 unspecified atom stereocenters. The van der Waals surface area contributed by atoms with Crippen molar-refractivity contribution in [2.45, 2.75) is 4.90 Å². The van der Waals surface area contributed by atoms with Gasteiger partial charge >= 0.3 is 0 Å². The molecule has 1 aliphatic heterocycles. The molecule has 9 heteroatoms. The smallest absolute Gasteiger partial charge is 0.183 e. The number of benzene rings is 1. The van der Waals surface area contributed by atoms with Crippen molar-refractivity contribution in [2.75, 3.05) is 43.7 Å². The third kappa shape index (κ3) is 4.60. The van der Waals surface area contributed by atoms with Gasteiger partial charge in [-0.1, -0.05) is 11.8 Å². The van der Waals surface area contributed by atoms with Crippen LogP contribution in [0.1, 0.15) is 0 Å². The standard InChI is InChI=1S/C14H18N4O3S2/c1-22-14(16-10-15)17-12-9-11(18-5-7-21-8-6-18)3-4-13(12)23(2,19)20/h3-4,9H,5-8H2,1-2H3,(H,16,17). The van der Waals surface area contributed by atoms with E-state index in [0.29, 0.717) is 24.1 Å². The lowest BCUT2D eigenvalue weighted by molar-refractivity contribution is 0.122. The number of amidine groups is 1. The molecule has 0 saturated carbocycles. The van der Waals surface area contributed by atoms with Crippen LogP contribution in [0.2, 0.25) is 0 Å². The summed E-state index contributed by atoms with van der Waals surface area (Å²) in [5.41, 5.74) is 1.21. The number of hydrogen-bond donors (Lipinski definition) is 1. The minimum Gasteiger partial charge on any atom is -0.378 e. The summed E-state index contributed by atoms with van der Waals surface area (Å²) in [7, 11) is -3.42. The minimum atomic E-state index is -3.42. The molecule has 1 N–H and O–H groups in total. The van der Waals surface area contributed by atoms with E-state index < -0.39 is 9.84 Å². The van der Waals surface area contributed by atoms with E-state index in [1.165, 1.54) is 11.8 Å². The molecule has 2 rings (SSSR count). The van der Waals surface area contributed by atoms with Gasteiger partial charge in [0.1, 0.15) is 0 Å². The summed E-state index contributed by atoms with van der Waals surface area (Å²) >= 11 is 1.24. The summed E-state index contributed by atoms with van der Waals surface area (Å²) in [5.74, 6) is 0. The maximum atomic E-state index is 12.0. The van der Waals surface area contributed by atoms with Gasteiger partial charge in [-0.3, -0.25) is 5.32 Å². The average molecular weight is 354 g/mol. The van der Waals surface area contributed by atoms with Crippen molar-refractivity contribution in [1.82, 2.24) is 5.32 Å². The fourth-order valence-electron chi connectivity index (χ4n) is 2.21. The van der Waals surface area contributed by atoms with Crippen LogP contribution >= 0.6 is 11.8 Å². The first-order valence-corrected chi connectivity index (χ1v) is 10.0. The molecule has 0 amide bonds. The number of rotatable bonds is 3. The lowest BCUT2D eigenvalue weighted by atomic mass is 10.2. The largest absolute Gasteiger partial charge is 0.378 e. The van der Waals surface area contributed by atoms with Crippen LogP contribution in [-0.4, -0.2) is 52.4 Å². The molecule has 0 radical (unpaired) electrons. The molecular formula is C14H18N4O3S2. The van der Waals surface area contributed by atoms with Crippen molar-refractivity contribution in [3.63, 3.8) is 0 Å². The van der Waals surface area contributed by atoms with E-state index >= 15 is 0 Å². The normalized spacial score (nSPS) is 16.0. The van der Waals surface area contributed by atoms with Crippen LogP contribution in [0.5, 0.6) is 0 Å². The van der Waals surface area contributed by atoms with Crippen LogP contribution in [0.4, 0.5) is 11.4 Å². The van der Waals surface area contributed by atoms with Gasteiger partial charge in [-0.2, -0.15) is 5.26 Å². The van der Waals surface area contributed by atoms with E-state index in [1.54, 1.807) is 30.6 Å². The first-order chi connectivity index (χ1) is 11.0. The average Bonchev–Trinajstić information content (AvgIpc) is 2.54. The van der Waals surface area contributed by atoms with Crippen molar-refractivity contribution < 1.29 is 13.2 Å². The molecule has 1 heterocycles. The fraction of sp³-hybridized carbons (Fsp3) is 0.429. The van der Waals surface area contributed by atoms with Crippen molar-refractivity contribution in [3.8, 4) is 6.19 Å². The molecule has 1 fully saturated rings. The van der Waals surface area contributed by atoms with Crippen LogP contribution in [-0.2, 0) is 14.6 Å². The summed E-state index contributed by atoms with van der Waals surface area (Å²) in [4.78, 5) is 6.55. The van der Waals surface area contributed by atoms with Crippen LogP contribution in [0.3, 0.4) is 0 Å². The second-order valence-electron chi connectivity index (χ2n) is 4.88. The van der Waals surface area contributed by atoms with Gasteiger partial charge in [-0.15, -0.1) is 0 Å². The fourth-order valence-corrected chi connectivity index (χ4v) is 3.34. The number of hydrogen-bond acceptors (Lipinski definition) is 7. The molecule has 0 bridgehead atoms. The predicted octanol–water partition coefficient (Wildman–Crippen LogP) is 1.35. The third-order valence-electron chi connectivity index (χ3n) is 3.30. The van der Waals surface area contributed by atoms with Gasteiger partial charge in [-0.05, 0) is 24.5 Å². The Morgan fingerprint density at radius 1 is 1.43 bits per heavy atom. The number of nitrogens with zero attached hydrogens (tertiary/aromatic N) is 3. The number of ether oxygens (including phenoxy) is 1. The van der Waals surface area contributed by atoms with E-state index in [0.717, 1.165) is 25.0 Å². The number of sulfone groups is 1. The number of anilines is 1. The maximum Gasteiger partial charge on any atom is 0.183 e. The first kappa shape index (κ1) is 17.6. The quantitative estimate of drug-likeness (QED) is 0.379. The highest BCUT2D eigenvalue weighted by molar-refractivity contribution is 8.13. The van der Waals surface area contributed by atoms with Crippen LogP contribution < -0.4 is 10.2 Å². The molecule has 1 aliphatic rings. The lowest BCUT2D eigenvalue weighted by Crippen LogP contribution is -2.36. The highest BCUT2D eigenvalue weighted by Gasteiger charge is 2.18. The van der Waals surface area contributed by atoms with E-state index in [-0.39, 0.29) is 4.90 Å². The highest BCUT2D eigenvalue weighted by atomic mass is 32.2. The Balaban J connectivity index is 2.48. The zero-order valence-corrected chi connectivity index (χ0v) is 14.6. The Morgan fingerprint density at radius 2 is 2.13 bits per heavy atom. The summed E-state index contributed by atoms with van der Waals surface area (Å²) in [6, 6.07) is 5.07. The molecule has 0 aliphatic carbocycles. The zero-order chi connectivity index (χ0) is 16.9. The first-order valence-electron chi connectivity index (χ1n) is 6.90. The number of nitrogens with one attached hydrogen (secondary N) is 1. The zero-order valence-electron chi connectivity index (χ0n) is 12.9. The number of morpholine rings is 1. The molecular weight excluding hydrogens is 336 g/mol. The van der Waals surface area contributed by atoms with Gasteiger partial charge in [0.2, 0.25) is 0 Å². The number of nitriles is 1. The summed E-state index contributed by atoms with van der Waals surface area (Å²) < 4.78 is 29.3. The molecule has 0 atom stereocenters. The Labute approximate surface area is 140 Å². The van der Waals surface area contributed by atoms with Crippen molar-refractivity contribution >= 4 is 38.1 Å². The molecule has 1 saturated heterocycles. The molecule has 0 spiro atoms. The summed E-state index contributed by atoms with van der Waals surface area (Å²) in [5, 5.41) is 11.5. The molecule has 0 aromatic heterocycles. The summed E-state index contributed by atoms with van der Waals surface area (Å²) in [6.45, 7) is 2.76. The van der Waals surface area contributed by atoms with Crippen LogP contribution in [0, 0.1) is 11.5 Å². The number of aliphatic imine (C=N–C) groups is 1. The predicted molar refractivity (Wildman–Crippen MR) is 91.9 cm³/mol. The molecule has 7 nitrogen and oxygen atoms in total. The SMILES string of the molecule is CSC(=Nc1cc(N2CCOCC2)ccc1S(C)(=O)=O)NC#N. The Kier molecular flexibility index (Phi) is 5.87. The lowest BCUT2D eigenvalue weighted by Gasteiger charge is -2.29. The number of thioether (sulfide) groups is 1. The van der Waals surface area contributed by atoms with Crippen LogP contribution in [0.15, 0.2) is 28.1 Å². The van der Waals surface area contributed by atoms with Gasteiger partial charge < -0.3 is 9.64 Å². The third-order valence-corrected chi connectivity index (χ3v) is 5.02. The van der Waals surface area contributed by atoms with Crippen LogP contribution in [0.25, 0.3) is 0 Å². The monoisotopic (exact) mass is 354 g/mol. The Morgan fingerprint density at radius 3 is 2.70 bits per heavy atom. The molecule has 1 aromatic rings. The van der Waals surface area contributed by atoms with E-state index in [1.807, 2.05) is 0 Å². The van der Waals surface area contributed by atoms with E-state index in [4.69, 9.17) is 10.00 Å². The maximum absolute atomic E-state index is 12.0. The second-order valence-corrected chi connectivity index (χ2v) is 7.66. The van der Waals surface area contributed by atoms with Gasteiger partial charge in [0.15, 0.2) is 21.2 Å². The molecule has 124 valence electrons. The highest BCUT2D eigenvalue weighted by Crippen LogP contribution is 2.30. The van der Waals surface area contributed by atoms with Gasteiger partial charge in [0.25, 0.3) is 0 Å². The van der Waals surface area contributed by atoms with Crippen molar-refractivity contribution in [2.24, 2.45) is 4.99 Å². The Bertz CT molecular complexity index is 735. The molecule has 1 aromatic carbocycles. The second kappa shape index (κ2) is 7.68. The Hall–Kier alpha value is -1.76. The van der Waals surface area contributed by atoms with Gasteiger partial charge in [-0.25, -0.2) is 13.4 Å². The van der Waals surface area contributed by atoms with Crippen molar-refractivity contribution in [1.29, 1.82) is 5.26 Å². The van der Waals surface area contributed by atoms with Gasteiger partial charge in [0, 0.05) is 25.0 Å². The minimum absolute atomic E-state index is 0.140. The van der Waals surface area contributed by atoms with Crippen molar-refractivity contribution in [3.05, 3.63) is 18.2 Å². The van der Waals surface area contributed by atoms with E-state index in [9.17, 15) is 8.42 Å². The molecule has 23 heavy (non-hydrogen) atoms. The van der Waals surface area contributed by atoms with E-state index in [2.05, 4.69) is 15.2 Å². The van der Waals surface area contributed by atoms with Gasteiger partial charge in [0.05, 0.1) is 23.8 Å².